The maximum absolute atomic E-state index is 12.8. The monoisotopic (exact) mass is 345 g/mol. The minimum absolute atomic E-state index is 0.185. The SMILES string of the molecule is COc1ccc(NS(=O)(=O)c2ccc(S(=O)(=O)F)cc2)cc1. The zero-order chi connectivity index (χ0) is 16.4. The highest BCUT2D eigenvalue weighted by Crippen LogP contribution is 2.21. The summed E-state index contributed by atoms with van der Waals surface area (Å²) in [7, 11) is -7.28. The first kappa shape index (κ1) is 16.2. The smallest absolute Gasteiger partial charge is 0.332 e. The molecule has 0 spiro atoms. The van der Waals surface area contributed by atoms with Gasteiger partial charge in [-0.05, 0) is 48.5 Å². The second-order valence-corrected chi connectivity index (χ2v) is 7.27. The molecule has 22 heavy (non-hydrogen) atoms. The van der Waals surface area contributed by atoms with Gasteiger partial charge in [-0.15, -0.1) is 3.89 Å². The van der Waals surface area contributed by atoms with E-state index < -0.39 is 25.1 Å². The maximum atomic E-state index is 12.8. The molecule has 0 radical (unpaired) electrons. The van der Waals surface area contributed by atoms with Gasteiger partial charge in [0.2, 0.25) is 0 Å². The summed E-state index contributed by atoms with van der Waals surface area (Å²) in [4.78, 5) is -0.786. The van der Waals surface area contributed by atoms with E-state index in [1.807, 2.05) is 0 Å². The lowest BCUT2D eigenvalue weighted by Crippen LogP contribution is -2.13. The zero-order valence-electron chi connectivity index (χ0n) is 11.4. The third-order valence-electron chi connectivity index (χ3n) is 2.76. The zero-order valence-corrected chi connectivity index (χ0v) is 13.0. The minimum atomic E-state index is -4.86. The predicted octanol–water partition coefficient (Wildman–Crippen LogP) is 2.15. The van der Waals surface area contributed by atoms with Crippen LogP contribution in [0.4, 0.5) is 9.57 Å². The van der Waals surface area contributed by atoms with Gasteiger partial charge in [-0.2, -0.15) is 8.42 Å². The van der Waals surface area contributed by atoms with Crippen LogP contribution < -0.4 is 9.46 Å². The van der Waals surface area contributed by atoms with Crippen LogP contribution in [0.3, 0.4) is 0 Å². The quantitative estimate of drug-likeness (QED) is 0.839. The average molecular weight is 345 g/mol. The van der Waals surface area contributed by atoms with Crippen molar-refractivity contribution >= 4 is 25.9 Å². The summed E-state index contributed by atoms with van der Waals surface area (Å²) in [5.41, 5.74) is 0.308. The van der Waals surface area contributed by atoms with Gasteiger partial charge in [-0.25, -0.2) is 8.42 Å². The van der Waals surface area contributed by atoms with Crippen LogP contribution in [-0.2, 0) is 20.2 Å². The molecule has 0 aliphatic heterocycles. The second kappa shape index (κ2) is 5.93. The molecule has 0 aliphatic carbocycles. The lowest BCUT2D eigenvalue weighted by atomic mass is 10.3. The standard InChI is InChI=1S/C13H12FNO5S2/c1-20-11-4-2-10(3-5-11)15-22(18,19)13-8-6-12(7-9-13)21(14,16)17/h2-9,15H,1H3. The van der Waals surface area contributed by atoms with Crippen molar-refractivity contribution in [3.8, 4) is 5.75 Å². The third kappa shape index (κ3) is 3.74. The van der Waals surface area contributed by atoms with Crippen LogP contribution in [0.2, 0.25) is 0 Å². The van der Waals surface area contributed by atoms with Crippen LogP contribution >= 0.6 is 0 Å². The third-order valence-corrected chi connectivity index (χ3v) is 4.99. The summed E-state index contributed by atoms with van der Waals surface area (Å²) in [6.07, 6.45) is 0. The van der Waals surface area contributed by atoms with Gasteiger partial charge in [0.25, 0.3) is 10.0 Å². The predicted molar refractivity (Wildman–Crippen MR) is 78.5 cm³/mol. The van der Waals surface area contributed by atoms with Crippen molar-refractivity contribution < 1.29 is 25.5 Å². The molecular weight excluding hydrogens is 333 g/mol. The van der Waals surface area contributed by atoms with Crippen molar-refractivity contribution in [2.75, 3.05) is 11.8 Å². The van der Waals surface area contributed by atoms with E-state index in [9.17, 15) is 20.7 Å². The summed E-state index contributed by atoms with van der Waals surface area (Å²) in [6, 6.07) is 9.98. The highest BCUT2D eigenvalue weighted by molar-refractivity contribution is 7.92. The van der Waals surface area contributed by atoms with E-state index in [2.05, 4.69) is 4.72 Å². The number of ether oxygens (including phenoxy) is 1. The Labute approximate surface area is 127 Å². The Morgan fingerprint density at radius 3 is 1.82 bits per heavy atom. The van der Waals surface area contributed by atoms with E-state index in [0.29, 0.717) is 11.4 Å². The summed E-state index contributed by atoms with van der Waals surface area (Å²) < 4.78 is 65.7. The van der Waals surface area contributed by atoms with Gasteiger partial charge < -0.3 is 4.74 Å². The van der Waals surface area contributed by atoms with E-state index >= 15 is 0 Å². The van der Waals surface area contributed by atoms with Crippen molar-refractivity contribution in [2.24, 2.45) is 0 Å². The molecule has 6 nitrogen and oxygen atoms in total. The molecule has 0 bridgehead atoms. The van der Waals surface area contributed by atoms with Gasteiger partial charge in [0, 0.05) is 5.69 Å². The van der Waals surface area contributed by atoms with Gasteiger partial charge in [0.1, 0.15) is 5.75 Å². The molecule has 2 aromatic rings. The van der Waals surface area contributed by atoms with E-state index in [4.69, 9.17) is 4.74 Å². The van der Waals surface area contributed by atoms with E-state index in [0.717, 1.165) is 24.3 Å². The van der Waals surface area contributed by atoms with Gasteiger partial charge in [0.05, 0.1) is 16.9 Å². The average Bonchev–Trinajstić information content (AvgIpc) is 2.47. The molecular formula is C13H12FNO5S2. The number of rotatable bonds is 5. The minimum Gasteiger partial charge on any atom is -0.497 e. The molecule has 118 valence electrons. The van der Waals surface area contributed by atoms with Crippen LogP contribution in [-0.4, -0.2) is 23.9 Å². The van der Waals surface area contributed by atoms with Crippen molar-refractivity contribution in [1.82, 2.24) is 0 Å². The first-order valence-corrected chi connectivity index (χ1v) is 8.81. The molecule has 0 saturated heterocycles. The fraction of sp³-hybridized carbons (Fsp3) is 0.0769. The number of nitrogens with one attached hydrogen (secondary N) is 1. The van der Waals surface area contributed by atoms with Crippen LogP contribution in [0.1, 0.15) is 0 Å². The Kier molecular flexibility index (Phi) is 4.38. The molecule has 0 heterocycles. The Balaban J connectivity index is 2.26. The van der Waals surface area contributed by atoms with Crippen molar-refractivity contribution in [3.05, 3.63) is 48.5 Å². The summed E-state index contributed by atoms with van der Waals surface area (Å²) in [5.74, 6) is 0.570. The van der Waals surface area contributed by atoms with Crippen LogP contribution in [0, 0.1) is 0 Å². The topological polar surface area (TPSA) is 89.5 Å². The largest absolute Gasteiger partial charge is 0.497 e. The Morgan fingerprint density at radius 1 is 0.864 bits per heavy atom. The molecule has 2 rings (SSSR count). The van der Waals surface area contributed by atoms with Crippen LogP contribution in [0.5, 0.6) is 5.75 Å². The molecule has 1 N–H and O–H groups in total. The van der Waals surface area contributed by atoms with Crippen molar-refractivity contribution in [3.63, 3.8) is 0 Å². The van der Waals surface area contributed by atoms with E-state index in [1.165, 1.54) is 19.2 Å². The van der Waals surface area contributed by atoms with E-state index in [1.54, 1.807) is 12.1 Å². The normalized spacial score (nSPS) is 11.9. The highest BCUT2D eigenvalue weighted by atomic mass is 32.3. The Bertz CT molecular complexity index is 860. The lowest BCUT2D eigenvalue weighted by molar-refractivity contribution is 0.415. The first-order valence-electron chi connectivity index (χ1n) is 5.94. The summed E-state index contributed by atoms with van der Waals surface area (Å²) in [5, 5.41) is 0. The number of benzene rings is 2. The molecule has 0 fully saturated rings. The Hall–Kier alpha value is -2.13. The molecule has 2 aromatic carbocycles. The number of hydrogen-bond acceptors (Lipinski definition) is 5. The molecule has 9 heteroatoms. The number of anilines is 1. The van der Waals surface area contributed by atoms with Crippen LogP contribution in [0.15, 0.2) is 58.3 Å². The first-order chi connectivity index (χ1) is 10.2. The fourth-order valence-electron chi connectivity index (χ4n) is 1.65. The number of halogens is 1. The van der Waals surface area contributed by atoms with Gasteiger partial charge in [-0.3, -0.25) is 4.72 Å². The Morgan fingerprint density at radius 2 is 1.36 bits per heavy atom. The second-order valence-electron chi connectivity index (χ2n) is 4.24. The molecule has 0 amide bonds. The summed E-state index contributed by atoms with van der Waals surface area (Å²) in [6.45, 7) is 0. The molecule has 0 aromatic heterocycles. The van der Waals surface area contributed by atoms with Gasteiger partial charge >= 0.3 is 10.2 Å². The number of methoxy groups -OCH3 is 1. The lowest BCUT2D eigenvalue weighted by Gasteiger charge is -2.09. The van der Waals surface area contributed by atoms with Crippen LogP contribution in [0.25, 0.3) is 0 Å². The fourth-order valence-corrected chi connectivity index (χ4v) is 3.17. The maximum Gasteiger partial charge on any atom is 0.332 e. The molecule has 0 saturated carbocycles. The number of sulfonamides is 1. The summed E-state index contributed by atoms with van der Waals surface area (Å²) >= 11 is 0. The van der Waals surface area contributed by atoms with Gasteiger partial charge in [0.15, 0.2) is 0 Å². The molecule has 0 aliphatic rings. The van der Waals surface area contributed by atoms with Crippen molar-refractivity contribution in [2.45, 2.75) is 9.79 Å². The van der Waals surface area contributed by atoms with Crippen molar-refractivity contribution in [1.29, 1.82) is 0 Å². The van der Waals surface area contributed by atoms with Gasteiger partial charge in [-0.1, -0.05) is 0 Å². The molecule has 0 unspecified atom stereocenters. The highest BCUT2D eigenvalue weighted by Gasteiger charge is 2.17. The van der Waals surface area contributed by atoms with E-state index in [-0.39, 0.29) is 4.90 Å². The number of hydrogen-bond donors (Lipinski definition) is 1. The molecule has 0 atom stereocenters.